The molecule has 8 heteroatoms. The number of nitrogen functional groups attached to an aromatic ring is 1. The summed E-state index contributed by atoms with van der Waals surface area (Å²) < 4.78 is 1.69. The highest BCUT2D eigenvalue weighted by Gasteiger charge is 2.29. The van der Waals surface area contributed by atoms with Crippen LogP contribution in [0.4, 0.5) is 5.82 Å². The average Bonchev–Trinajstić information content (AvgIpc) is 3.53. The maximum absolute atomic E-state index is 13.2. The number of rotatable bonds is 5. The molecule has 0 aliphatic carbocycles. The van der Waals surface area contributed by atoms with E-state index in [0.29, 0.717) is 30.6 Å². The summed E-state index contributed by atoms with van der Waals surface area (Å²) in [4.78, 5) is 32.3. The van der Waals surface area contributed by atoms with Gasteiger partial charge in [-0.3, -0.25) is 14.3 Å². The summed E-state index contributed by atoms with van der Waals surface area (Å²) in [7, 11) is 1.83. The number of likely N-dealkylation sites (tertiary alicyclic amines) is 1. The van der Waals surface area contributed by atoms with Gasteiger partial charge in [0.05, 0.1) is 11.8 Å². The molecule has 1 fully saturated rings. The minimum absolute atomic E-state index is 0.0320. The average molecular weight is 495 g/mol. The topological polar surface area (TPSA) is 106 Å². The third-order valence-corrected chi connectivity index (χ3v) is 6.81. The molecule has 37 heavy (non-hydrogen) atoms. The van der Waals surface area contributed by atoms with Crippen molar-refractivity contribution in [2.45, 2.75) is 26.3 Å². The minimum atomic E-state index is -0.298. The van der Waals surface area contributed by atoms with Crippen LogP contribution in [0.3, 0.4) is 0 Å². The number of benzene rings is 2. The third-order valence-electron chi connectivity index (χ3n) is 6.81. The normalized spacial score (nSPS) is 15.1. The van der Waals surface area contributed by atoms with Crippen molar-refractivity contribution in [3.63, 3.8) is 0 Å². The first-order chi connectivity index (χ1) is 17.8. The Labute approximate surface area is 216 Å². The van der Waals surface area contributed by atoms with Gasteiger partial charge in [0.15, 0.2) is 0 Å². The van der Waals surface area contributed by atoms with Gasteiger partial charge in [-0.15, -0.1) is 0 Å². The molecule has 0 saturated carbocycles. The van der Waals surface area contributed by atoms with Crippen molar-refractivity contribution >= 4 is 17.6 Å². The van der Waals surface area contributed by atoms with Crippen LogP contribution in [-0.2, 0) is 7.05 Å². The molecule has 2 aromatic heterocycles. The lowest BCUT2D eigenvalue weighted by molar-refractivity contribution is 0.0783. The number of aryl methyl sites for hydroxylation is 3. The monoisotopic (exact) mass is 494 g/mol. The molecule has 1 aliphatic heterocycles. The highest BCUT2D eigenvalue weighted by atomic mass is 16.2. The molecule has 0 radical (unpaired) electrons. The molecular weight excluding hydrogens is 464 g/mol. The van der Waals surface area contributed by atoms with Crippen molar-refractivity contribution in [3.8, 4) is 22.3 Å². The van der Waals surface area contributed by atoms with Gasteiger partial charge in [-0.25, -0.2) is 4.98 Å². The van der Waals surface area contributed by atoms with Crippen LogP contribution in [0.5, 0.6) is 0 Å². The number of nitrogens with zero attached hydrogens (tertiary/aromatic N) is 4. The number of carbonyl (C=O) groups excluding carboxylic acids is 2. The van der Waals surface area contributed by atoms with Crippen molar-refractivity contribution in [3.05, 3.63) is 89.4 Å². The van der Waals surface area contributed by atoms with E-state index in [2.05, 4.69) is 40.5 Å². The molecule has 0 bridgehead atoms. The molecule has 188 valence electrons. The minimum Gasteiger partial charge on any atom is -0.383 e. The van der Waals surface area contributed by atoms with E-state index in [4.69, 9.17) is 5.73 Å². The first-order valence-corrected chi connectivity index (χ1v) is 12.3. The van der Waals surface area contributed by atoms with Crippen LogP contribution in [0.15, 0.2) is 67.1 Å². The summed E-state index contributed by atoms with van der Waals surface area (Å²) in [6, 6.07) is 15.7. The molecule has 1 saturated heterocycles. The molecular formula is C29H30N6O2. The second-order valence-electron chi connectivity index (χ2n) is 9.67. The van der Waals surface area contributed by atoms with E-state index in [0.717, 1.165) is 27.8 Å². The van der Waals surface area contributed by atoms with Crippen molar-refractivity contribution < 1.29 is 9.59 Å². The Kier molecular flexibility index (Phi) is 6.48. The van der Waals surface area contributed by atoms with E-state index in [1.54, 1.807) is 28.0 Å². The largest absolute Gasteiger partial charge is 0.383 e. The number of nitrogens with one attached hydrogen (secondary N) is 1. The molecule has 0 spiro atoms. The van der Waals surface area contributed by atoms with Crippen LogP contribution in [0.2, 0.25) is 0 Å². The Morgan fingerprint density at radius 1 is 1.03 bits per heavy atom. The van der Waals surface area contributed by atoms with Crippen molar-refractivity contribution in [2.75, 3.05) is 18.8 Å². The van der Waals surface area contributed by atoms with Gasteiger partial charge in [-0.2, -0.15) is 5.10 Å². The van der Waals surface area contributed by atoms with Crippen molar-refractivity contribution in [1.82, 2.24) is 25.0 Å². The molecule has 3 N–H and O–H groups in total. The van der Waals surface area contributed by atoms with Gasteiger partial charge in [-0.05, 0) is 55.2 Å². The number of amides is 2. The lowest BCUT2D eigenvalue weighted by atomic mass is 9.97. The zero-order valence-electron chi connectivity index (χ0n) is 21.2. The third kappa shape index (κ3) is 5.09. The molecule has 5 rings (SSSR count). The van der Waals surface area contributed by atoms with Gasteiger partial charge >= 0.3 is 0 Å². The molecule has 3 heterocycles. The molecule has 8 nitrogen and oxygen atoms in total. The lowest BCUT2D eigenvalue weighted by Gasteiger charge is -2.18. The summed E-state index contributed by atoms with van der Waals surface area (Å²) in [5.74, 6) is -0.163. The summed E-state index contributed by atoms with van der Waals surface area (Å²) in [6.45, 7) is 5.12. The molecule has 4 aromatic rings. The maximum atomic E-state index is 13.2. The number of carbonyl (C=O) groups is 2. The Balaban J connectivity index is 1.25. The van der Waals surface area contributed by atoms with Gasteiger partial charge in [-0.1, -0.05) is 35.9 Å². The van der Waals surface area contributed by atoms with Gasteiger partial charge < -0.3 is 16.0 Å². The quantitative estimate of drug-likeness (QED) is 0.436. The molecule has 0 unspecified atom stereocenters. The number of pyridine rings is 1. The van der Waals surface area contributed by atoms with E-state index in [1.807, 2.05) is 44.4 Å². The smallest absolute Gasteiger partial charge is 0.255 e. The van der Waals surface area contributed by atoms with E-state index in [1.165, 1.54) is 5.56 Å². The van der Waals surface area contributed by atoms with Crippen LogP contribution < -0.4 is 11.1 Å². The summed E-state index contributed by atoms with van der Waals surface area (Å²) in [5, 5.41) is 7.20. The van der Waals surface area contributed by atoms with E-state index in [9.17, 15) is 9.59 Å². The number of aromatic nitrogens is 3. The molecule has 2 amide bonds. The maximum Gasteiger partial charge on any atom is 0.255 e. The Hall–Kier alpha value is -4.46. The second kappa shape index (κ2) is 9.89. The van der Waals surface area contributed by atoms with Gasteiger partial charge in [0, 0.05) is 55.3 Å². The Morgan fingerprint density at radius 3 is 2.59 bits per heavy atom. The predicted molar refractivity (Wildman–Crippen MR) is 144 cm³/mol. The van der Waals surface area contributed by atoms with Crippen LogP contribution in [0, 0.1) is 13.8 Å². The van der Waals surface area contributed by atoms with Crippen LogP contribution in [0.1, 0.15) is 38.3 Å². The highest BCUT2D eigenvalue weighted by Crippen LogP contribution is 2.26. The zero-order valence-corrected chi connectivity index (χ0v) is 21.2. The first-order valence-electron chi connectivity index (χ1n) is 12.3. The van der Waals surface area contributed by atoms with Gasteiger partial charge in [0.1, 0.15) is 5.82 Å². The molecule has 2 aromatic carbocycles. The van der Waals surface area contributed by atoms with Crippen LogP contribution in [0.25, 0.3) is 22.3 Å². The highest BCUT2D eigenvalue weighted by molar-refractivity contribution is 6.00. The van der Waals surface area contributed by atoms with Gasteiger partial charge in [0.25, 0.3) is 11.8 Å². The number of hydrogen-bond donors (Lipinski definition) is 2. The fraction of sp³-hybridized carbons (Fsp3) is 0.241. The fourth-order valence-electron chi connectivity index (χ4n) is 4.83. The SMILES string of the molecule is Cc1cccc(-c2ccc(C(=O)N3CC[C@@H](NC(=O)c4cc(-c5cnn(C)c5)cnc4N)C3)cc2C)c1. The lowest BCUT2D eigenvalue weighted by Crippen LogP contribution is -2.38. The zero-order chi connectivity index (χ0) is 26.1. The molecule has 1 aliphatic rings. The predicted octanol–water partition coefficient (Wildman–Crippen LogP) is 3.99. The van der Waals surface area contributed by atoms with E-state index in [-0.39, 0.29) is 23.7 Å². The molecule has 1 atom stereocenters. The van der Waals surface area contributed by atoms with Crippen molar-refractivity contribution in [2.24, 2.45) is 7.05 Å². The Morgan fingerprint density at radius 2 is 1.86 bits per heavy atom. The first kappa shape index (κ1) is 24.2. The standard InChI is InChI=1S/C29H30N6O2/c1-18-5-4-6-20(11-18)25-8-7-21(12-19(25)2)29(37)35-10-9-24(17-35)33-28(36)26-13-22(14-31-27(26)30)23-15-32-34(3)16-23/h4-8,11-16,24H,9-10,17H2,1-3H3,(H2,30,31)(H,33,36)/t24-/m1/s1. The summed E-state index contributed by atoms with van der Waals surface area (Å²) in [5.41, 5.74) is 13.1. The van der Waals surface area contributed by atoms with Crippen molar-refractivity contribution in [1.29, 1.82) is 0 Å². The number of anilines is 1. The fourth-order valence-corrected chi connectivity index (χ4v) is 4.83. The van der Waals surface area contributed by atoms with E-state index >= 15 is 0 Å². The Bertz CT molecular complexity index is 1490. The van der Waals surface area contributed by atoms with Crippen LogP contribution in [-0.4, -0.2) is 50.6 Å². The number of nitrogens with two attached hydrogens (primary N) is 1. The van der Waals surface area contributed by atoms with E-state index < -0.39 is 0 Å². The van der Waals surface area contributed by atoms with Crippen LogP contribution >= 0.6 is 0 Å². The van der Waals surface area contributed by atoms with Gasteiger partial charge in [0.2, 0.25) is 0 Å². The number of hydrogen-bond acceptors (Lipinski definition) is 5. The second-order valence-corrected chi connectivity index (χ2v) is 9.67. The summed E-state index contributed by atoms with van der Waals surface area (Å²) >= 11 is 0. The summed E-state index contributed by atoms with van der Waals surface area (Å²) in [6.07, 6.45) is 5.87.